The minimum Gasteiger partial charge on any atom is -1.00 e. The normalized spacial score (nSPS) is 30.7. The molecule has 0 saturated heterocycles. The van der Waals surface area contributed by atoms with Crippen molar-refractivity contribution >= 4 is 46.3 Å². The van der Waals surface area contributed by atoms with E-state index in [0.29, 0.717) is 6.42 Å². The molecule has 0 aliphatic heterocycles. The molecule has 58 valence electrons. The van der Waals surface area contributed by atoms with Crippen LogP contribution >= 0.6 is 23.2 Å². The molecule has 0 N–H and O–H groups in total. The van der Waals surface area contributed by atoms with Crippen LogP contribution in [-0.2, 0) is 0 Å². The van der Waals surface area contributed by atoms with E-state index >= 15 is 0 Å². The first-order valence-corrected chi connectivity index (χ1v) is 3.55. The molecule has 0 aromatic carbocycles. The summed E-state index contributed by atoms with van der Waals surface area (Å²) in [6.07, 6.45) is 8.06. The van der Waals surface area contributed by atoms with Crippen molar-refractivity contribution in [3.05, 3.63) is 6.42 Å². The van der Waals surface area contributed by atoms with Gasteiger partial charge in [0.15, 0.2) is 0 Å². The van der Waals surface area contributed by atoms with E-state index in [1.54, 1.807) is 0 Å². The van der Waals surface area contributed by atoms with E-state index in [2.05, 4.69) is 5.92 Å². The van der Waals surface area contributed by atoms with Gasteiger partial charge in [-0.25, -0.2) is 0 Å². The van der Waals surface area contributed by atoms with Crippen molar-refractivity contribution in [1.29, 1.82) is 0 Å². The van der Waals surface area contributed by atoms with Crippen molar-refractivity contribution in [1.82, 2.24) is 0 Å². The van der Waals surface area contributed by atoms with Gasteiger partial charge in [0.05, 0.1) is 0 Å². The van der Waals surface area contributed by atoms with Crippen LogP contribution in [0, 0.1) is 17.8 Å². The van der Waals surface area contributed by atoms with Gasteiger partial charge in [-0.05, 0) is 12.8 Å². The molecular formula is C7H7BrCl2Mg. The number of halogens is 3. The quantitative estimate of drug-likeness (QED) is 0.252. The molecule has 0 bridgehead atoms. The maximum atomic E-state index is 6.71. The number of hydrogen-bond donors (Lipinski definition) is 0. The second-order valence-corrected chi connectivity index (χ2v) is 4.28. The van der Waals surface area contributed by atoms with Gasteiger partial charge in [0.2, 0.25) is 0 Å². The molecule has 4 heteroatoms. The fourth-order valence-corrected chi connectivity index (χ4v) is 1.56. The molecule has 11 heavy (non-hydrogen) atoms. The zero-order valence-corrected chi connectivity index (χ0v) is 10.8. The summed E-state index contributed by atoms with van der Waals surface area (Å²) in [6.45, 7) is 1.97. The summed E-state index contributed by atoms with van der Waals surface area (Å²) in [6, 6.07) is 0. The molecule has 0 radical (unpaired) electrons. The number of hydrogen-bond acceptors (Lipinski definition) is 0. The van der Waals surface area contributed by atoms with E-state index in [1.165, 1.54) is 0 Å². The third kappa shape index (κ3) is 2.97. The summed E-state index contributed by atoms with van der Waals surface area (Å²) in [7, 11) is 0. The van der Waals surface area contributed by atoms with Crippen molar-refractivity contribution < 1.29 is 17.0 Å². The summed E-state index contributed by atoms with van der Waals surface area (Å²) in [4.78, 5) is 0. The van der Waals surface area contributed by atoms with E-state index in [1.807, 2.05) is 6.92 Å². The second kappa shape index (κ2) is 4.57. The predicted octanol–water partition coefficient (Wildman–Crippen LogP) is -0.827. The first-order chi connectivity index (χ1) is 4.02. The maximum Gasteiger partial charge on any atom is 2.00 e. The minimum absolute atomic E-state index is 0. The van der Waals surface area contributed by atoms with Gasteiger partial charge in [0.1, 0.15) is 4.33 Å². The molecule has 1 rings (SSSR count). The van der Waals surface area contributed by atoms with Gasteiger partial charge < -0.3 is 29.3 Å². The Labute approximate surface area is 104 Å². The van der Waals surface area contributed by atoms with Crippen molar-refractivity contribution in [3.63, 3.8) is 0 Å². The van der Waals surface area contributed by atoms with E-state index < -0.39 is 4.33 Å². The molecule has 1 aliphatic carbocycles. The maximum absolute atomic E-state index is 6.71. The molecule has 1 saturated carbocycles. The average Bonchev–Trinajstić information content (AvgIpc) is 2.07. The zero-order valence-electron chi connectivity index (χ0n) is 6.26. The Morgan fingerprint density at radius 2 is 1.91 bits per heavy atom. The molecule has 1 aliphatic rings. The molecular weight excluding hydrogens is 259 g/mol. The molecule has 0 nitrogen and oxygen atoms in total. The van der Waals surface area contributed by atoms with Crippen LogP contribution in [0.4, 0.5) is 0 Å². The molecule has 0 aromatic rings. The molecule has 1 fully saturated rings. The van der Waals surface area contributed by atoms with E-state index in [4.69, 9.17) is 29.6 Å². The Bertz CT molecular complexity index is 176. The standard InChI is InChI=1S/C7H7Cl2.BrH.Mg/c1-3-4-6(2)5-7(6,8)9;;/h4-5H2,2H3;1H;/q-1;;+2/p-1. The summed E-state index contributed by atoms with van der Waals surface area (Å²) in [5, 5.41) is 0. The van der Waals surface area contributed by atoms with Crippen LogP contribution < -0.4 is 17.0 Å². The van der Waals surface area contributed by atoms with Gasteiger partial charge in [-0.3, -0.25) is 0 Å². The van der Waals surface area contributed by atoms with Gasteiger partial charge in [0, 0.05) is 5.41 Å². The number of rotatable bonds is 1. The van der Waals surface area contributed by atoms with Gasteiger partial charge in [0.25, 0.3) is 0 Å². The smallest absolute Gasteiger partial charge is 1.00 e. The topological polar surface area (TPSA) is 0 Å². The van der Waals surface area contributed by atoms with E-state index in [-0.39, 0.29) is 45.4 Å². The van der Waals surface area contributed by atoms with Gasteiger partial charge in [-0.1, -0.05) is 6.92 Å². The van der Waals surface area contributed by atoms with Crippen molar-refractivity contribution in [2.75, 3.05) is 0 Å². The summed E-state index contributed by atoms with van der Waals surface area (Å²) in [5.74, 6) is 2.31. The fourth-order valence-electron chi connectivity index (χ4n) is 0.833. The van der Waals surface area contributed by atoms with Crippen molar-refractivity contribution in [3.8, 4) is 5.92 Å². The summed E-state index contributed by atoms with van der Waals surface area (Å²) in [5.41, 5.74) is -0.0716. The Hall–Kier alpha value is 1.39. The third-order valence-electron chi connectivity index (χ3n) is 1.85. The third-order valence-corrected chi connectivity index (χ3v) is 3.03. The van der Waals surface area contributed by atoms with Crippen LogP contribution in [0.15, 0.2) is 0 Å². The largest absolute Gasteiger partial charge is 2.00 e. The Morgan fingerprint density at radius 1 is 1.55 bits per heavy atom. The van der Waals surface area contributed by atoms with Crippen LogP contribution in [0.25, 0.3) is 0 Å². The van der Waals surface area contributed by atoms with Gasteiger partial charge >= 0.3 is 23.1 Å². The zero-order chi connectivity index (χ0) is 7.12. The fraction of sp³-hybridized carbons (Fsp3) is 0.714. The first-order valence-electron chi connectivity index (χ1n) is 2.79. The van der Waals surface area contributed by atoms with Crippen molar-refractivity contribution in [2.45, 2.75) is 24.1 Å². The monoisotopic (exact) mass is 264 g/mol. The van der Waals surface area contributed by atoms with Crippen LogP contribution in [0.5, 0.6) is 0 Å². The van der Waals surface area contributed by atoms with Crippen LogP contribution in [0.3, 0.4) is 0 Å². The van der Waals surface area contributed by atoms with Crippen LogP contribution in [0.2, 0.25) is 0 Å². The molecule has 1 atom stereocenters. The minimum atomic E-state index is -0.582. The van der Waals surface area contributed by atoms with E-state index in [9.17, 15) is 0 Å². The molecule has 0 heterocycles. The molecule has 0 spiro atoms. The Kier molecular flexibility index (Phi) is 6.19. The second-order valence-electron chi connectivity index (χ2n) is 2.80. The van der Waals surface area contributed by atoms with Crippen molar-refractivity contribution in [2.24, 2.45) is 5.41 Å². The van der Waals surface area contributed by atoms with Gasteiger partial charge in [-0.2, -0.15) is 0 Å². The molecule has 1 unspecified atom stereocenters. The SMILES string of the molecule is [Br-].[C-]#CCC1(C)CC1(Cl)Cl.[Mg+2]. The Balaban J connectivity index is 0. The first kappa shape index (κ1) is 14.9. The van der Waals surface area contributed by atoms with Crippen LogP contribution in [-0.4, -0.2) is 27.4 Å². The van der Waals surface area contributed by atoms with E-state index in [0.717, 1.165) is 6.42 Å². The number of alkyl halides is 2. The summed E-state index contributed by atoms with van der Waals surface area (Å²) < 4.78 is -0.582. The molecule has 0 amide bonds. The Morgan fingerprint density at radius 3 is 2.00 bits per heavy atom. The average molecular weight is 266 g/mol. The van der Waals surface area contributed by atoms with Crippen LogP contribution in [0.1, 0.15) is 19.8 Å². The predicted molar refractivity (Wildman–Crippen MR) is 44.7 cm³/mol. The summed E-state index contributed by atoms with van der Waals surface area (Å²) >= 11 is 11.5. The van der Waals surface area contributed by atoms with Gasteiger partial charge in [-0.15, -0.1) is 23.2 Å². The molecule has 0 aromatic heterocycles.